The molecule has 0 bridgehead atoms. The molecule has 0 unspecified atom stereocenters. The maximum absolute atomic E-state index is 12.0. The average Bonchev–Trinajstić information content (AvgIpc) is 2.14. The van der Waals surface area contributed by atoms with Crippen LogP contribution in [0.25, 0.3) is 0 Å². The molecule has 0 aliphatic rings. The summed E-state index contributed by atoms with van der Waals surface area (Å²) in [7, 11) is -3.38. The first-order chi connectivity index (χ1) is 7.62. The monoisotopic (exact) mass is 257 g/mol. The van der Waals surface area contributed by atoms with Crippen LogP contribution < -0.4 is 0 Å². The molecule has 0 aliphatic carbocycles. The number of hydrogen-bond acceptors (Lipinski definition) is 4. The molecule has 94 valence electrons. The van der Waals surface area contributed by atoms with E-state index in [1.807, 2.05) is 20.8 Å². The number of nitro groups is 1. The molecule has 0 amide bonds. The van der Waals surface area contributed by atoms with E-state index in [-0.39, 0.29) is 21.8 Å². The van der Waals surface area contributed by atoms with Crippen molar-refractivity contribution in [2.24, 2.45) is 5.41 Å². The Bertz CT molecular complexity index is 511. The van der Waals surface area contributed by atoms with Crippen LogP contribution in [0, 0.1) is 15.5 Å². The van der Waals surface area contributed by atoms with Crippen LogP contribution in [-0.2, 0) is 9.84 Å². The van der Waals surface area contributed by atoms with Crippen LogP contribution in [0.4, 0.5) is 5.69 Å². The van der Waals surface area contributed by atoms with Gasteiger partial charge in [0.15, 0.2) is 9.84 Å². The van der Waals surface area contributed by atoms with E-state index in [9.17, 15) is 18.5 Å². The summed E-state index contributed by atoms with van der Waals surface area (Å²) in [5.41, 5.74) is -0.458. The van der Waals surface area contributed by atoms with Crippen LogP contribution in [0.5, 0.6) is 0 Å². The molecule has 5 nitrogen and oxygen atoms in total. The van der Waals surface area contributed by atoms with Gasteiger partial charge < -0.3 is 0 Å². The van der Waals surface area contributed by atoms with Crippen molar-refractivity contribution in [3.8, 4) is 0 Å². The Kier molecular flexibility index (Phi) is 3.56. The van der Waals surface area contributed by atoms with E-state index in [0.717, 1.165) is 0 Å². The SMILES string of the molecule is CC(C)(C)CS(=O)(=O)c1ccc([N+](=O)[O-])cc1. The molecule has 0 spiro atoms. The van der Waals surface area contributed by atoms with Gasteiger partial charge in [-0.05, 0) is 17.5 Å². The van der Waals surface area contributed by atoms with Gasteiger partial charge in [-0.15, -0.1) is 0 Å². The van der Waals surface area contributed by atoms with E-state index >= 15 is 0 Å². The highest BCUT2D eigenvalue weighted by molar-refractivity contribution is 7.91. The fourth-order valence-corrected chi connectivity index (χ4v) is 3.29. The fraction of sp³-hybridized carbons (Fsp3) is 0.455. The Balaban J connectivity index is 3.05. The summed E-state index contributed by atoms with van der Waals surface area (Å²) in [6.07, 6.45) is 0. The number of sulfone groups is 1. The molecule has 0 atom stereocenters. The Morgan fingerprint density at radius 2 is 1.65 bits per heavy atom. The van der Waals surface area contributed by atoms with Crippen LogP contribution in [0.15, 0.2) is 29.2 Å². The second kappa shape index (κ2) is 4.44. The molecule has 17 heavy (non-hydrogen) atoms. The molecule has 0 heterocycles. The first kappa shape index (κ1) is 13.6. The zero-order valence-corrected chi connectivity index (χ0v) is 10.8. The minimum absolute atomic E-state index is 0.0117. The zero-order valence-electron chi connectivity index (χ0n) is 10.0. The van der Waals surface area contributed by atoms with Crippen molar-refractivity contribution < 1.29 is 13.3 Å². The highest BCUT2D eigenvalue weighted by Crippen LogP contribution is 2.23. The molecule has 0 saturated carbocycles. The van der Waals surface area contributed by atoms with Crippen LogP contribution >= 0.6 is 0 Å². The number of nitrogens with zero attached hydrogens (tertiary/aromatic N) is 1. The smallest absolute Gasteiger partial charge is 0.258 e. The van der Waals surface area contributed by atoms with Crippen molar-refractivity contribution in [3.05, 3.63) is 34.4 Å². The topological polar surface area (TPSA) is 77.3 Å². The molecular weight excluding hydrogens is 242 g/mol. The van der Waals surface area contributed by atoms with Crippen molar-refractivity contribution in [2.75, 3.05) is 5.75 Å². The first-order valence-corrected chi connectivity index (χ1v) is 6.74. The van der Waals surface area contributed by atoms with E-state index in [4.69, 9.17) is 0 Å². The van der Waals surface area contributed by atoms with Crippen LogP contribution in [0.1, 0.15) is 20.8 Å². The van der Waals surface area contributed by atoms with Crippen molar-refractivity contribution in [1.29, 1.82) is 0 Å². The van der Waals surface area contributed by atoms with E-state index in [2.05, 4.69) is 0 Å². The van der Waals surface area contributed by atoms with Crippen molar-refractivity contribution in [2.45, 2.75) is 25.7 Å². The molecule has 0 aliphatic heterocycles. The summed E-state index contributed by atoms with van der Waals surface area (Å²) < 4.78 is 23.9. The van der Waals surface area contributed by atoms with Gasteiger partial charge in [-0.1, -0.05) is 20.8 Å². The van der Waals surface area contributed by atoms with Gasteiger partial charge in [-0.3, -0.25) is 10.1 Å². The maximum Gasteiger partial charge on any atom is 0.269 e. The third-order valence-corrected chi connectivity index (χ3v) is 4.27. The standard InChI is InChI=1S/C11H15NO4S/c1-11(2,3)8-17(15,16)10-6-4-9(5-7-10)12(13)14/h4-7H,8H2,1-3H3. The molecule has 1 rings (SSSR count). The third kappa shape index (κ3) is 3.81. The Hall–Kier alpha value is -1.43. The Labute approximate surface area is 101 Å². The largest absolute Gasteiger partial charge is 0.269 e. The summed E-state index contributed by atoms with van der Waals surface area (Å²) in [6.45, 7) is 5.49. The lowest BCUT2D eigenvalue weighted by atomic mass is 10.0. The second-order valence-corrected chi connectivity index (χ2v) is 7.06. The predicted molar refractivity (Wildman–Crippen MR) is 64.6 cm³/mol. The summed E-state index contributed by atoms with van der Waals surface area (Å²) in [4.78, 5) is 10.0. The first-order valence-electron chi connectivity index (χ1n) is 5.09. The lowest BCUT2D eigenvalue weighted by Gasteiger charge is -2.17. The van der Waals surface area contributed by atoms with Gasteiger partial charge in [0.1, 0.15) is 0 Å². The molecule has 0 saturated heterocycles. The van der Waals surface area contributed by atoms with Gasteiger partial charge in [0.05, 0.1) is 15.6 Å². The lowest BCUT2D eigenvalue weighted by molar-refractivity contribution is -0.384. The highest BCUT2D eigenvalue weighted by Gasteiger charge is 2.23. The molecule has 0 fully saturated rings. The van der Waals surface area contributed by atoms with Gasteiger partial charge in [-0.25, -0.2) is 8.42 Å². The number of benzene rings is 1. The van der Waals surface area contributed by atoms with Crippen LogP contribution in [0.3, 0.4) is 0 Å². The summed E-state index contributed by atoms with van der Waals surface area (Å²) >= 11 is 0. The Morgan fingerprint density at radius 1 is 1.18 bits per heavy atom. The Morgan fingerprint density at radius 3 is 2.00 bits per heavy atom. The summed E-state index contributed by atoms with van der Waals surface area (Å²) in [5, 5.41) is 10.4. The molecule has 1 aromatic carbocycles. The number of nitro benzene ring substituents is 1. The zero-order chi connectivity index (χ0) is 13.3. The molecule has 0 N–H and O–H groups in total. The van der Waals surface area contributed by atoms with E-state index < -0.39 is 14.8 Å². The van der Waals surface area contributed by atoms with Gasteiger partial charge in [-0.2, -0.15) is 0 Å². The molecule has 0 radical (unpaired) electrons. The number of rotatable bonds is 3. The molecular formula is C11H15NO4S. The normalized spacial score (nSPS) is 12.4. The van der Waals surface area contributed by atoms with Gasteiger partial charge >= 0.3 is 0 Å². The minimum Gasteiger partial charge on any atom is -0.258 e. The van der Waals surface area contributed by atoms with E-state index in [1.54, 1.807) is 0 Å². The predicted octanol–water partition coefficient (Wildman–Crippen LogP) is 2.41. The number of hydrogen-bond donors (Lipinski definition) is 0. The van der Waals surface area contributed by atoms with Crippen LogP contribution in [0.2, 0.25) is 0 Å². The summed E-state index contributed by atoms with van der Waals surface area (Å²) in [5.74, 6) is 0.0117. The second-order valence-electron chi connectivity index (χ2n) is 5.07. The fourth-order valence-electron chi connectivity index (χ4n) is 1.43. The minimum atomic E-state index is -3.38. The van der Waals surface area contributed by atoms with Gasteiger partial charge in [0.2, 0.25) is 0 Å². The van der Waals surface area contributed by atoms with E-state index in [1.165, 1.54) is 24.3 Å². The molecule has 1 aromatic rings. The number of non-ortho nitro benzene ring substituents is 1. The molecule has 0 aromatic heterocycles. The van der Waals surface area contributed by atoms with E-state index in [0.29, 0.717) is 0 Å². The van der Waals surface area contributed by atoms with Crippen LogP contribution in [-0.4, -0.2) is 19.1 Å². The van der Waals surface area contributed by atoms with Gasteiger partial charge in [0.25, 0.3) is 5.69 Å². The van der Waals surface area contributed by atoms with Crippen molar-refractivity contribution in [3.63, 3.8) is 0 Å². The van der Waals surface area contributed by atoms with Crippen molar-refractivity contribution in [1.82, 2.24) is 0 Å². The van der Waals surface area contributed by atoms with Crippen molar-refractivity contribution >= 4 is 15.5 Å². The average molecular weight is 257 g/mol. The summed E-state index contributed by atoms with van der Waals surface area (Å²) in [6, 6.07) is 4.96. The maximum atomic E-state index is 12.0. The van der Waals surface area contributed by atoms with Gasteiger partial charge in [0, 0.05) is 12.1 Å². The highest BCUT2D eigenvalue weighted by atomic mass is 32.2. The third-order valence-electron chi connectivity index (χ3n) is 2.03. The quantitative estimate of drug-likeness (QED) is 0.615. The lowest BCUT2D eigenvalue weighted by Crippen LogP contribution is -2.20. The molecule has 6 heteroatoms.